The van der Waals surface area contributed by atoms with Crippen molar-refractivity contribution in [2.45, 2.75) is 26.0 Å². The van der Waals surface area contributed by atoms with Crippen LogP contribution in [0, 0.1) is 11.6 Å². The minimum atomic E-state index is -0.994. The minimum Gasteiger partial charge on any atom is -0.491 e. The Morgan fingerprint density at radius 2 is 1.72 bits per heavy atom. The van der Waals surface area contributed by atoms with Gasteiger partial charge in [0.1, 0.15) is 29.7 Å². The Morgan fingerprint density at radius 3 is 2.47 bits per heavy atom. The topological polar surface area (TPSA) is 108 Å². The SMILES string of the molecule is COCCn1cc(-c2ccc(F)cc2)c(=O)c2c(Nc3ccc(Oc4ccnc5cc(OCC(C)(C)O)ccc45)c(F)c3)nccc21. The lowest BCUT2D eigenvalue weighted by Gasteiger charge is -2.18. The van der Waals surface area contributed by atoms with Gasteiger partial charge < -0.3 is 29.2 Å². The largest absolute Gasteiger partial charge is 0.491 e. The number of halogens is 2. The van der Waals surface area contributed by atoms with Crippen LogP contribution in [0.2, 0.25) is 0 Å². The van der Waals surface area contributed by atoms with E-state index in [1.165, 1.54) is 24.3 Å². The van der Waals surface area contributed by atoms with Gasteiger partial charge in [0, 0.05) is 61.0 Å². The average Bonchev–Trinajstić information content (AvgIpc) is 3.05. The highest BCUT2D eigenvalue weighted by atomic mass is 19.1. The van der Waals surface area contributed by atoms with E-state index in [1.54, 1.807) is 88.1 Å². The van der Waals surface area contributed by atoms with Crippen LogP contribution in [0.25, 0.3) is 32.9 Å². The molecule has 0 fully saturated rings. The molecule has 3 aromatic carbocycles. The zero-order valence-corrected chi connectivity index (χ0v) is 26.0. The molecule has 0 amide bonds. The Bertz CT molecular complexity index is 2130. The summed E-state index contributed by atoms with van der Waals surface area (Å²) in [5.74, 6) is 0.0876. The van der Waals surface area contributed by atoms with Crippen molar-refractivity contribution in [2.24, 2.45) is 0 Å². The fraction of sp³-hybridized carbons (Fsp3) is 0.194. The quantitative estimate of drug-likeness (QED) is 0.153. The van der Waals surface area contributed by atoms with Crippen LogP contribution in [0.3, 0.4) is 0 Å². The van der Waals surface area contributed by atoms with E-state index in [0.717, 1.165) is 0 Å². The van der Waals surface area contributed by atoms with E-state index in [-0.39, 0.29) is 23.6 Å². The first-order valence-corrected chi connectivity index (χ1v) is 14.8. The number of rotatable bonds is 11. The second-order valence-corrected chi connectivity index (χ2v) is 11.6. The number of aliphatic hydroxyl groups is 1. The summed E-state index contributed by atoms with van der Waals surface area (Å²) >= 11 is 0. The molecular weight excluding hydrogens is 606 g/mol. The Balaban J connectivity index is 1.30. The highest BCUT2D eigenvalue weighted by Gasteiger charge is 2.18. The van der Waals surface area contributed by atoms with Crippen LogP contribution in [0.1, 0.15) is 13.8 Å². The maximum Gasteiger partial charge on any atom is 0.200 e. The lowest BCUT2D eigenvalue weighted by atomic mass is 10.0. The van der Waals surface area contributed by atoms with Gasteiger partial charge in [-0.2, -0.15) is 0 Å². The van der Waals surface area contributed by atoms with Crippen molar-refractivity contribution in [3.63, 3.8) is 0 Å². The predicted molar refractivity (Wildman–Crippen MR) is 177 cm³/mol. The zero-order valence-electron chi connectivity index (χ0n) is 26.0. The summed E-state index contributed by atoms with van der Waals surface area (Å²) in [5, 5.41) is 14.0. The number of hydrogen-bond donors (Lipinski definition) is 2. The van der Waals surface area contributed by atoms with Gasteiger partial charge >= 0.3 is 0 Å². The molecule has 0 unspecified atom stereocenters. The maximum atomic E-state index is 15.5. The van der Waals surface area contributed by atoms with Crippen LogP contribution in [0.5, 0.6) is 17.2 Å². The van der Waals surface area contributed by atoms with Crippen LogP contribution < -0.4 is 20.2 Å². The molecule has 0 radical (unpaired) electrons. The van der Waals surface area contributed by atoms with Gasteiger partial charge in [-0.25, -0.2) is 13.8 Å². The van der Waals surface area contributed by atoms with Crippen molar-refractivity contribution in [2.75, 3.05) is 25.6 Å². The molecule has 3 aromatic heterocycles. The van der Waals surface area contributed by atoms with Crippen LogP contribution in [-0.4, -0.2) is 45.6 Å². The van der Waals surface area contributed by atoms with E-state index >= 15 is 4.39 Å². The maximum absolute atomic E-state index is 15.5. The minimum absolute atomic E-state index is 0.0168. The third-order valence-electron chi connectivity index (χ3n) is 7.37. The molecule has 11 heteroatoms. The second kappa shape index (κ2) is 13.1. The van der Waals surface area contributed by atoms with Crippen molar-refractivity contribution < 1.29 is 28.1 Å². The first-order valence-electron chi connectivity index (χ1n) is 14.8. The van der Waals surface area contributed by atoms with Gasteiger partial charge in [-0.05, 0) is 67.9 Å². The number of methoxy groups -OCH3 is 1. The third-order valence-corrected chi connectivity index (χ3v) is 7.37. The summed E-state index contributed by atoms with van der Waals surface area (Å²) in [4.78, 5) is 22.6. The molecule has 0 saturated carbocycles. The monoisotopic (exact) mass is 638 g/mol. The molecule has 0 aliphatic carbocycles. The number of fused-ring (bicyclic) bond motifs is 2. The molecule has 6 aromatic rings. The summed E-state index contributed by atoms with van der Waals surface area (Å²) in [5.41, 5.74) is 1.13. The van der Waals surface area contributed by atoms with Crippen molar-refractivity contribution in [3.8, 4) is 28.4 Å². The molecule has 0 aliphatic rings. The predicted octanol–water partition coefficient (Wildman–Crippen LogP) is 7.22. The van der Waals surface area contributed by atoms with Crippen molar-refractivity contribution in [3.05, 3.63) is 113 Å². The molecule has 0 saturated heterocycles. The molecule has 2 N–H and O–H groups in total. The number of benzene rings is 3. The fourth-order valence-electron chi connectivity index (χ4n) is 5.09. The number of nitrogens with zero attached hydrogens (tertiary/aromatic N) is 3. The fourth-order valence-corrected chi connectivity index (χ4v) is 5.09. The number of hydrogen-bond acceptors (Lipinski definition) is 8. The summed E-state index contributed by atoms with van der Waals surface area (Å²) in [6.07, 6.45) is 4.84. The lowest BCUT2D eigenvalue weighted by Crippen LogP contribution is -2.27. The van der Waals surface area contributed by atoms with Crippen LogP contribution >= 0.6 is 0 Å². The molecule has 6 rings (SSSR count). The molecule has 47 heavy (non-hydrogen) atoms. The Morgan fingerprint density at radius 1 is 0.936 bits per heavy atom. The normalized spacial score (nSPS) is 11.6. The summed E-state index contributed by atoms with van der Waals surface area (Å²) in [6, 6.07) is 18.6. The highest BCUT2D eigenvalue weighted by molar-refractivity contribution is 5.94. The van der Waals surface area contributed by atoms with Gasteiger partial charge in [-0.1, -0.05) is 12.1 Å². The number of nitrogens with one attached hydrogen (secondary N) is 1. The van der Waals surface area contributed by atoms with Crippen molar-refractivity contribution in [1.82, 2.24) is 14.5 Å². The molecular formula is C36H32F2N4O5. The Hall–Kier alpha value is -5.39. The van der Waals surface area contributed by atoms with Crippen molar-refractivity contribution in [1.29, 1.82) is 0 Å². The molecule has 0 spiro atoms. The number of anilines is 2. The van der Waals surface area contributed by atoms with E-state index in [9.17, 15) is 14.3 Å². The van der Waals surface area contributed by atoms with E-state index in [4.69, 9.17) is 14.2 Å². The molecule has 0 aliphatic heterocycles. The number of pyridine rings is 3. The number of ether oxygens (including phenoxy) is 3. The lowest BCUT2D eigenvalue weighted by molar-refractivity contribution is 0.0285. The summed E-state index contributed by atoms with van der Waals surface area (Å²) < 4.78 is 47.9. The summed E-state index contributed by atoms with van der Waals surface area (Å²) in [6.45, 7) is 4.25. The molecule has 9 nitrogen and oxygen atoms in total. The zero-order chi connectivity index (χ0) is 33.1. The molecule has 0 bridgehead atoms. The van der Waals surface area contributed by atoms with Gasteiger partial charge in [0.25, 0.3) is 0 Å². The van der Waals surface area contributed by atoms with Crippen LogP contribution in [0.4, 0.5) is 20.3 Å². The van der Waals surface area contributed by atoms with Gasteiger partial charge in [-0.15, -0.1) is 0 Å². The summed E-state index contributed by atoms with van der Waals surface area (Å²) in [7, 11) is 1.59. The van der Waals surface area contributed by atoms with Crippen LogP contribution in [-0.2, 0) is 11.3 Å². The Kier molecular flexibility index (Phi) is 8.84. The van der Waals surface area contributed by atoms with Gasteiger partial charge in [0.2, 0.25) is 5.43 Å². The first-order chi connectivity index (χ1) is 22.6. The first kappa shape index (κ1) is 31.6. The second-order valence-electron chi connectivity index (χ2n) is 11.6. The Labute approximate surface area is 269 Å². The molecule has 0 atom stereocenters. The molecule has 240 valence electrons. The smallest absolute Gasteiger partial charge is 0.200 e. The van der Waals surface area contributed by atoms with E-state index in [1.807, 2.05) is 4.57 Å². The van der Waals surface area contributed by atoms with Gasteiger partial charge in [-0.3, -0.25) is 9.78 Å². The van der Waals surface area contributed by atoms with Crippen molar-refractivity contribution >= 4 is 33.3 Å². The van der Waals surface area contributed by atoms with E-state index in [2.05, 4.69) is 15.3 Å². The molecule has 3 heterocycles. The van der Waals surface area contributed by atoms with E-state index < -0.39 is 17.2 Å². The highest BCUT2D eigenvalue weighted by Crippen LogP contribution is 2.34. The van der Waals surface area contributed by atoms with Gasteiger partial charge in [0.05, 0.1) is 28.6 Å². The third kappa shape index (κ3) is 7.06. The van der Waals surface area contributed by atoms with E-state index in [0.29, 0.717) is 63.3 Å². The standard InChI is InChI=1S/C36H32F2N4O5/c1-36(2,44)21-46-25-9-10-26-29(19-25)39-15-13-31(26)47-32-11-8-24(18-28(32)38)41-35-33-30(12-14-40-35)42(16-17-45-3)20-27(34(33)43)22-4-6-23(37)7-5-22/h4-15,18-20,44H,16-17,21H2,1-3H3,(H,40,41). The average molecular weight is 639 g/mol. The van der Waals surface area contributed by atoms with Gasteiger partial charge in [0.15, 0.2) is 11.6 Å². The van der Waals surface area contributed by atoms with Crippen LogP contribution in [0.15, 0.2) is 96.2 Å². The number of aromatic nitrogens is 3.